The maximum Gasteiger partial charge on any atom is 0.339 e. The summed E-state index contributed by atoms with van der Waals surface area (Å²) in [4.78, 5) is 12.8. The molecule has 25 heavy (non-hydrogen) atoms. The Morgan fingerprint density at radius 1 is 0.760 bits per heavy atom. The molecular weight excluding hydrogens is 308 g/mol. The molecule has 0 unspecified atom stereocenters. The Hall–Kier alpha value is -1.83. The topological polar surface area (TPSA) is 26.3 Å². The van der Waals surface area contributed by atoms with E-state index in [-0.39, 0.29) is 16.8 Å². The fourth-order valence-electron chi connectivity index (χ4n) is 2.97. The predicted octanol–water partition coefficient (Wildman–Crippen LogP) is 6.34. The quantitative estimate of drug-likeness (QED) is 0.566. The number of esters is 1. The highest BCUT2D eigenvalue weighted by Crippen LogP contribution is 2.40. The molecule has 0 spiro atoms. The monoisotopic (exact) mass is 340 g/mol. The fourth-order valence-corrected chi connectivity index (χ4v) is 2.97. The normalized spacial score (nSPS) is 13.2. The molecule has 0 heterocycles. The standard InChI is InChI=1S/C23H32O2/c1-21(2,3)15-10-12-16-17(13-11-15)19(22(4,5)6)14-18(16)20(24)25-23(7,8)9/h10-14H,1-9H3. The molecule has 0 aromatic heterocycles. The molecule has 0 saturated carbocycles. The molecule has 2 aliphatic rings. The molecule has 0 saturated heterocycles. The molecule has 0 atom stereocenters. The van der Waals surface area contributed by atoms with Gasteiger partial charge in [0.2, 0.25) is 0 Å². The maximum atomic E-state index is 12.8. The average molecular weight is 341 g/mol. The number of fused-ring (bicyclic) bond motifs is 1. The largest absolute Gasteiger partial charge is 0.456 e. The van der Waals surface area contributed by atoms with Crippen molar-refractivity contribution in [3.63, 3.8) is 0 Å². The van der Waals surface area contributed by atoms with Gasteiger partial charge >= 0.3 is 5.97 Å². The second kappa shape index (κ2) is 6.16. The molecule has 2 heteroatoms. The molecule has 136 valence electrons. The summed E-state index contributed by atoms with van der Waals surface area (Å²) in [6, 6.07) is 10.5. The molecule has 2 aliphatic carbocycles. The summed E-state index contributed by atoms with van der Waals surface area (Å²) in [7, 11) is 0. The lowest BCUT2D eigenvalue weighted by atomic mass is 9.85. The maximum absolute atomic E-state index is 12.8. The van der Waals surface area contributed by atoms with Crippen molar-refractivity contribution in [2.75, 3.05) is 0 Å². The lowest BCUT2D eigenvalue weighted by Crippen LogP contribution is -2.23. The van der Waals surface area contributed by atoms with Gasteiger partial charge in [-0.2, -0.15) is 0 Å². The van der Waals surface area contributed by atoms with Gasteiger partial charge in [0.25, 0.3) is 0 Å². The first-order valence-corrected chi connectivity index (χ1v) is 9.01. The van der Waals surface area contributed by atoms with Gasteiger partial charge in [0.1, 0.15) is 5.60 Å². The third-order valence-corrected chi connectivity index (χ3v) is 4.31. The molecule has 0 radical (unpaired) electrons. The summed E-state index contributed by atoms with van der Waals surface area (Å²) in [6.45, 7) is 18.8. The summed E-state index contributed by atoms with van der Waals surface area (Å²) in [5.41, 5.74) is 4.69. The van der Waals surface area contributed by atoms with E-state index in [1.807, 2.05) is 26.8 Å². The van der Waals surface area contributed by atoms with Crippen LogP contribution in [0.5, 0.6) is 0 Å². The molecular formula is C23H32O2. The van der Waals surface area contributed by atoms with Crippen LogP contribution < -0.4 is 0 Å². The number of hydrogen-bond donors (Lipinski definition) is 0. The minimum atomic E-state index is -0.504. The lowest BCUT2D eigenvalue weighted by Gasteiger charge is -2.19. The van der Waals surface area contributed by atoms with Gasteiger partial charge in [-0.15, -0.1) is 0 Å². The van der Waals surface area contributed by atoms with Crippen molar-refractivity contribution in [2.45, 2.75) is 78.7 Å². The number of carbonyl (C=O) groups excluding carboxylic acids is 1. The second-order valence-electron chi connectivity index (χ2n) is 9.92. The van der Waals surface area contributed by atoms with Crippen LogP contribution in [0.1, 0.15) is 83.8 Å². The average Bonchev–Trinajstić information content (AvgIpc) is 2.60. The third kappa shape index (κ3) is 4.42. The summed E-state index contributed by atoms with van der Waals surface area (Å²) >= 11 is 0. The van der Waals surface area contributed by atoms with Crippen molar-refractivity contribution in [2.24, 2.45) is 0 Å². The van der Waals surface area contributed by atoms with Crippen molar-refractivity contribution in [3.05, 3.63) is 47.0 Å². The van der Waals surface area contributed by atoms with Crippen LogP contribution in [0.4, 0.5) is 0 Å². The van der Waals surface area contributed by atoms with Gasteiger partial charge in [0.15, 0.2) is 0 Å². The van der Waals surface area contributed by atoms with Crippen molar-refractivity contribution >= 4 is 5.97 Å². The van der Waals surface area contributed by atoms with E-state index in [1.165, 1.54) is 11.1 Å². The molecule has 2 nitrogen and oxygen atoms in total. The first kappa shape index (κ1) is 19.5. The van der Waals surface area contributed by atoms with E-state index >= 15 is 0 Å². The molecule has 0 N–H and O–H groups in total. The number of rotatable bonds is 1. The van der Waals surface area contributed by atoms with Crippen LogP contribution in [-0.2, 0) is 15.6 Å². The van der Waals surface area contributed by atoms with Gasteiger partial charge < -0.3 is 4.74 Å². The minimum Gasteiger partial charge on any atom is -0.456 e. The Bertz CT molecular complexity index is 749. The van der Waals surface area contributed by atoms with Crippen LogP contribution in [0.2, 0.25) is 0 Å². The van der Waals surface area contributed by atoms with E-state index in [2.05, 4.69) is 65.8 Å². The van der Waals surface area contributed by atoms with Crippen LogP contribution >= 0.6 is 0 Å². The summed E-state index contributed by atoms with van der Waals surface area (Å²) in [6.07, 6.45) is 0. The summed E-state index contributed by atoms with van der Waals surface area (Å²) < 4.78 is 5.65. The minimum absolute atomic E-state index is 0.0469. The Morgan fingerprint density at radius 2 is 1.28 bits per heavy atom. The molecule has 0 bridgehead atoms. The molecule has 0 fully saturated rings. The molecule has 2 rings (SSSR count). The van der Waals surface area contributed by atoms with Gasteiger partial charge in [0, 0.05) is 0 Å². The zero-order valence-electron chi connectivity index (χ0n) is 17.2. The van der Waals surface area contributed by atoms with Gasteiger partial charge in [-0.1, -0.05) is 65.8 Å². The molecule has 0 aromatic carbocycles. The summed E-state index contributed by atoms with van der Waals surface area (Å²) in [5, 5.41) is 0. The van der Waals surface area contributed by atoms with E-state index in [1.54, 1.807) is 0 Å². The van der Waals surface area contributed by atoms with Crippen LogP contribution in [0.15, 0.2) is 30.3 Å². The zero-order valence-corrected chi connectivity index (χ0v) is 17.2. The highest BCUT2D eigenvalue weighted by molar-refractivity contribution is 6.00. The first-order chi connectivity index (χ1) is 11.2. The number of ether oxygens (including phenoxy) is 1. The Balaban J connectivity index is 2.69. The highest BCUT2D eigenvalue weighted by Gasteiger charge is 2.29. The van der Waals surface area contributed by atoms with Crippen LogP contribution in [0, 0.1) is 0 Å². The smallest absolute Gasteiger partial charge is 0.339 e. The second-order valence-corrected chi connectivity index (χ2v) is 9.92. The van der Waals surface area contributed by atoms with Crippen molar-refractivity contribution < 1.29 is 9.53 Å². The van der Waals surface area contributed by atoms with Crippen molar-refractivity contribution in [1.29, 1.82) is 0 Å². The van der Waals surface area contributed by atoms with Crippen molar-refractivity contribution in [1.82, 2.24) is 0 Å². The fraction of sp³-hybridized carbons (Fsp3) is 0.522. The highest BCUT2D eigenvalue weighted by atomic mass is 16.6. The van der Waals surface area contributed by atoms with E-state index in [9.17, 15) is 4.79 Å². The van der Waals surface area contributed by atoms with E-state index in [4.69, 9.17) is 4.74 Å². The Labute approximate surface area is 152 Å². The van der Waals surface area contributed by atoms with E-state index < -0.39 is 5.60 Å². The SMILES string of the molecule is CC(C)(C)OC(=O)c1cc(C(C)(C)C)c2ccc(C(C)(C)C)ccc1-2. The van der Waals surface area contributed by atoms with E-state index in [0.717, 1.165) is 11.1 Å². The van der Waals surface area contributed by atoms with Gasteiger partial charge in [0.05, 0.1) is 5.56 Å². The van der Waals surface area contributed by atoms with Gasteiger partial charge in [-0.25, -0.2) is 4.79 Å². The van der Waals surface area contributed by atoms with Crippen LogP contribution in [-0.4, -0.2) is 11.6 Å². The zero-order chi connectivity index (χ0) is 19.2. The number of hydrogen-bond acceptors (Lipinski definition) is 2. The third-order valence-electron chi connectivity index (χ3n) is 4.31. The van der Waals surface area contributed by atoms with Gasteiger partial charge in [-0.3, -0.25) is 0 Å². The van der Waals surface area contributed by atoms with Crippen LogP contribution in [0.3, 0.4) is 0 Å². The molecule has 0 aromatic rings. The molecule has 0 aliphatic heterocycles. The molecule has 0 amide bonds. The van der Waals surface area contributed by atoms with Crippen LogP contribution in [0.25, 0.3) is 11.1 Å². The number of carbonyl (C=O) groups is 1. The van der Waals surface area contributed by atoms with Crippen molar-refractivity contribution in [3.8, 4) is 11.1 Å². The Kier molecular flexibility index (Phi) is 4.80. The first-order valence-electron chi connectivity index (χ1n) is 9.01. The predicted molar refractivity (Wildman–Crippen MR) is 106 cm³/mol. The summed E-state index contributed by atoms with van der Waals surface area (Å²) in [5.74, 6) is -0.253. The van der Waals surface area contributed by atoms with Gasteiger partial charge in [-0.05, 0) is 59.9 Å². The Morgan fingerprint density at radius 3 is 1.72 bits per heavy atom. The van der Waals surface area contributed by atoms with E-state index in [0.29, 0.717) is 5.56 Å². The lowest BCUT2D eigenvalue weighted by molar-refractivity contribution is 0.00708.